The van der Waals surface area contributed by atoms with Gasteiger partial charge in [-0.1, -0.05) is 29.4 Å². The second-order valence-corrected chi connectivity index (χ2v) is 7.38. The van der Waals surface area contributed by atoms with E-state index in [0.717, 1.165) is 40.6 Å². The maximum Gasteiger partial charge on any atom is 0.169 e. The highest BCUT2D eigenvalue weighted by atomic mass is 79.9. The highest BCUT2D eigenvalue weighted by Crippen LogP contribution is 2.56. The van der Waals surface area contributed by atoms with Gasteiger partial charge in [0.15, 0.2) is 5.79 Å². The molecule has 2 fully saturated rings. The summed E-state index contributed by atoms with van der Waals surface area (Å²) in [5.74, 6) is 0.510. The third-order valence-electron chi connectivity index (χ3n) is 5.17. The van der Waals surface area contributed by atoms with Crippen LogP contribution in [0.25, 0.3) is 5.57 Å². The van der Waals surface area contributed by atoms with Crippen molar-refractivity contribution in [3.05, 3.63) is 34.8 Å². The van der Waals surface area contributed by atoms with Crippen LogP contribution in [0.3, 0.4) is 0 Å². The molecule has 0 aromatic heterocycles. The minimum atomic E-state index is -0.429. The molecule has 1 aromatic rings. The summed E-state index contributed by atoms with van der Waals surface area (Å²) in [5, 5.41) is 0. The molecule has 1 spiro atoms. The van der Waals surface area contributed by atoms with Crippen molar-refractivity contribution < 1.29 is 14.2 Å². The van der Waals surface area contributed by atoms with E-state index < -0.39 is 5.79 Å². The summed E-state index contributed by atoms with van der Waals surface area (Å²) >= 11 is 3.54. The highest BCUT2D eigenvalue weighted by Gasteiger charge is 2.55. The van der Waals surface area contributed by atoms with E-state index in [0.29, 0.717) is 13.2 Å². The molecule has 0 bridgehead atoms. The van der Waals surface area contributed by atoms with E-state index in [1.165, 1.54) is 0 Å². The van der Waals surface area contributed by atoms with Gasteiger partial charge in [-0.25, -0.2) is 0 Å². The summed E-state index contributed by atoms with van der Waals surface area (Å²) < 4.78 is 19.2. The highest BCUT2D eigenvalue weighted by molar-refractivity contribution is 9.10. The molecule has 2 heterocycles. The molecule has 3 nitrogen and oxygen atoms in total. The third kappa shape index (κ3) is 2.00. The quantitative estimate of drug-likeness (QED) is 0.703. The van der Waals surface area contributed by atoms with Crippen molar-refractivity contribution in [2.75, 3.05) is 13.2 Å². The fourth-order valence-corrected chi connectivity index (χ4v) is 4.33. The van der Waals surface area contributed by atoms with Gasteiger partial charge in [-0.15, -0.1) is 0 Å². The third-order valence-corrected chi connectivity index (χ3v) is 5.67. The van der Waals surface area contributed by atoms with E-state index in [-0.39, 0.29) is 11.5 Å². The van der Waals surface area contributed by atoms with E-state index in [2.05, 4.69) is 35.5 Å². The molecule has 0 unspecified atom stereocenters. The lowest BCUT2D eigenvalue weighted by Gasteiger charge is -2.51. The number of rotatable bonds is 0. The molecule has 0 amide bonds. The number of hydrogen-bond donors (Lipinski definition) is 0. The molecule has 4 rings (SSSR count). The molecular weight excluding hydrogens is 332 g/mol. The van der Waals surface area contributed by atoms with Gasteiger partial charge in [-0.2, -0.15) is 0 Å². The van der Waals surface area contributed by atoms with Crippen LogP contribution in [0, 0.1) is 5.41 Å². The van der Waals surface area contributed by atoms with Gasteiger partial charge in [0.2, 0.25) is 0 Å². The van der Waals surface area contributed by atoms with Crippen LogP contribution >= 0.6 is 15.9 Å². The Morgan fingerprint density at radius 3 is 2.81 bits per heavy atom. The van der Waals surface area contributed by atoms with E-state index >= 15 is 0 Å². The smallest absolute Gasteiger partial charge is 0.169 e. The van der Waals surface area contributed by atoms with Gasteiger partial charge in [-0.3, -0.25) is 0 Å². The SMILES string of the molecule is C=C1c2cc(Br)ccc2O[C@H]2CCC3(C[C@@]12C)OCCO3. The summed E-state index contributed by atoms with van der Waals surface area (Å²) in [6.45, 7) is 8.01. The van der Waals surface area contributed by atoms with Crippen LogP contribution in [0.15, 0.2) is 29.3 Å². The number of halogens is 1. The van der Waals surface area contributed by atoms with Gasteiger partial charge in [0, 0.05) is 28.3 Å². The van der Waals surface area contributed by atoms with E-state index in [9.17, 15) is 0 Å². The van der Waals surface area contributed by atoms with Gasteiger partial charge in [0.1, 0.15) is 11.9 Å². The summed E-state index contributed by atoms with van der Waals surface area (Å²) in [6.07, 6.45) is 2.80. The molecule has 2 aliphatic heterocycles. The first-order valence-electron chi connectivity index (χ1n) is 7.46. The Bertz CT molecular complexity index is 606. The van der Waals surface area contributed by atoms with Crippen LogP contribution in [0.1, 0.15) is 31.7 Å². The Morgan fingerprint density at radius 2 is 2.05 bits per heavy atom. The lowest BCUT2D eigenvalue weighted by molar-refractivity contribution is -0.209. The Labute approximate surface area is 133 Å². The minimum Gasteiger partial charge on any atom is -0.489 e. The molecule has 2 atom stereocenters. The number of ether oxygens (including phenoxy) is 3. The second-order valence-electron chi connectivity index (χ2n) is 6.47. The zero-order chi connectivity index (χ0) is 14.7. The molecule has 1 aromatic carbocycles. The van der Waals surface area contributed by atoms with Crippen molar-refractivity contribution in [2.45, 2.75) is 38.1 Å². The molecule has 0 radical (unpaired) electrons. The molecule has 3 aliphatic rings. The molecule has 1 saturated carbocycles. The van der Waals surface area contributed by atoms with Crippen molar-refractivity contribution in [3.63, 3.8) is 0 Å². The van der Waals surface area contributed by atoms with E-state index in [1.54, 1.807) is 0 Å². The van der Waals surface area contributed by atoms with Crippen molar-refractivity contribution in [3.8, 4) is 5.75 Å². The van der Waals surface area contributed by atoms with Gasteiger partial charge in [-0.05, 0) is 30.2 Å². The molecule has 21 heavy (non-hydrogen) atoms. The largest absolute Gasteiger partial charge is 0.489 e. The number of benzene rings is 1. The average Bonchev–Trinajstić information content (AvgIpc) is 2.90. The minimum absolute atomic E-state index is 0.142. The maximum atomic E-state index is 6.27. The monoisotopic (exact) mass is 350 g/mol. The second kappa shape index (κ2) is 4.58. The number of fused-ring (bicyclic) bond motifs is 2. The van der Waals surface area contributed by atoms with E-state index in [1.807, 2.05) is 12.1 Å². The van der Waals surface area contributed by atoms with Crippen LogP contribution < -0.4 is 4.74 Å². The lowest BCUT2D eigenvalue weighted by atomic mass is 9.64. The summed E-state index contributed by atoms with van der Waals surface area (Å²) in [6, 6.07) is 6.14. The first-order chi connectivity index (χ1) is 10.0. The van der Waals surface area contributed by atoms with Crippen LogP contribution in [-0.4, -0.2) is 25.1 Å². The zero-order valence-corrected chi connectivity index (χ0v) is 13.7. The van der Waals surface area contributed by atoms with Gasteiger partial charge in [0.25, 0.3) is 0 Å². The Hall–Kier alpha value is -0.840. The van der Waals surface area contributed by atoms with Crippen molar-refractivity contribution in [1.82, 2.24) is 0 Å². The van der Waals surface area contributed by atoms with E-state index in [4.69, 9.17) is 14.2 Å². The van der Waals surface area contributed by atoms with Crippen molar-refractivity contribution in [2.24, 2.45) is 5.41 Å². The molecule has 112 valence electrons. The fourth-order valence-electron chi connectivity index (χ4n) is 3.97. The number of hydrogen-bond acceptors (Lipinski definition) is 3. The predicted octanol–water partition coefficient (Wildman–Crippen LogP) is 4.16. The first kappa shape index (κ1) is 13.8. The van der Waals surface area contributed by atoms with Crippen molar-refractivity contribution >= 4 is 21.5 Å². The molecule has 1 aliphatic carbocycles. The molecular formula is C17H19BrO3. The summed E-state index contributed by atoms with van der Waals surface area (Å²) in [4.78, 5) is 0. The van der Waals surface area contributed by atoms with Crippen LogP contribution in [0.4, 0.5) is 0 Å². The Morgan fingerprint density at radius 1 is 1.29 bits per heavy atom. The molecule has 0 N–H and O–H groups in total. The van der Waals surface area contributed by atoms with Gasteiger partial charge >= 0.3 is 0 Å². The van der Waals surface area contributed by atoms with Crippen LogP contribution in [0.5, 0.6) is 5.75 Å². The van der Waals surface area contributed by atoms with Gasteiger partial charge in [0.05, 0.1) is 13.2 Å². The zero-order valence-electron chi connectivity index (χ0n) is 12.2. The predicted molar refractivity (Wildman–Crippen MR) is 84.2 cm³/mol. The fraction of sp³-hybridized carbons (Fsp3) is 0.529. The Balaban J connectivity index is 1.75. The Kier molecular flexibility index (Phi) is 3.01. The molecule has 1 saturated heterocycles. The standard InChI is InChI=1S/C17H19BrO3/c1-11-13-9-12(18)3-4-14(13)21-15-5-6-17(10-16(11,15)2)19-7-8-20-17/h3-4,9,15H,1,5-8,10H2,2H3/t15-,16-/m0/s1. The normalized spacial score (nSPS) is 33.4. The lowest BCUT2D eigenvalue weighted by Crippen LogP contribution is -2.52. The molecule has 4 heteroatoms. The summed E-state index contributed by atoms with van der Waals surface area (Å²) in [7, 11) is 0. The van der Waals surface area contributed by atoms with Crippen LogP contribution in [0.2, 0.25) is 0 Å². The van der Waals surface area contributed by atoms with Crippen molar-refractivity contribution in [1.29, 1.82) is 0 Å². The topological polar surface area (TPSA) is 27.7 Å². The van der Waals surface area contributed by atoms with Crippen LogP contribution in [-0.2, 0) is 9.47 Å². The average molecular weight is 351 g/mol. The maximum absolute atomic E-state index is 6.27. The van der Waals surface area contributed by atoms with Gasteiger partial charge < -0.3 is 14.2 Å². The summed E-state index contributed by atoms with van der Waals surface area (Å²) in [5.41, 5.74) is 2.09. The first-order valence-corrected chi connectivity index (χ1v) is 8.26.